The highest BCUT2D eigenvalue weighted by Crippen LogP contribution is 2.23. The van der Waals surface area contributed by atoms with Crippen LogP contribution in [0.1, 0.15) is 26.9 Å². The zero-order valence-corrected chi connectivity index (χ0v) is 16.2. The second-order valence-electron chi connectivity index (χ2n) is 6.34. The molecule has 3 aromatic rings. The fourth-order valence-electron chi connectivity index (χ4n) is 2.82. The zero-order chi connectivity index (χ0) is 18.9. The van der Waals surface area contributed by atoms with Crippen LogP contribution in [-0.4, -0.2) is 29.0 Å². The van der Waals surface area contributed by atoms with Crippen molar-refractivity contribution in [3.63, 3.8) is 0 Å². The minimum Gasteiger partial charge on any atom is -0.354 e. The molecule has 0 aliphatic carbocycles. The molecular formula is C21H24N4OS. The van der Waals surface area contributed by atoms with E-state index in [-0.39, 0.29) is 11.9 Å². The van der Waals surface area contributed by atoms with E-state index in [0.29, 0.717) is 6.54 Å². The van der Waals surface area contributed by atoms with E-state index in [9.17, 15) is 4.79 Å². The summed E-state index contributed by atoms with van der Waals surface area (Å²) in [5.41, 5.74) is 2.32. The van der Waals surface area contributed by atoms with E-state index in [0.717, 1.165) is 29.8 Å². The van der Waals surface area contributed by atoms with Crippen LogP contribution >= 0.6 is 11.3 Å². The summed E-state index contributed by atoms with van der Waals surface area (Å²) in [6.07, 6.45) is 8.80. The molecule has 1 atom stereocenters. The second-order valence-corrected chi connectivity index (χ2v) is 7.66. The van der Waals surface area contributed by atoms with Crippen LogP contribution in [0.5, 0.6) is 0 Å². The maximum atomic E-state index is 12.8. The lowest BCUT2D eigenvalue weighted by molar-refractivity contribution is -0.123. The molecule has 0 aliphatic rings. The predicted molar refractivity (Wildman–Crippen MR) is 109 cm³/mol. The molecule has 0 aliphatic heterocycles. The molecule has 27 heavy (non-hydrogen) atoms. The van der Waals surface area contributed by atoms with E-state index in [4.69, 9.17) is 0 Å². The summed E-state index contributed by atoms with van der Waals surface area (Å²) in [5.74, 6) is 0.00969. The van der Waals surface area contributed by atoms with Crippen molar-refractivity contribution in [2.45, 2.75) is 25.8 Å². The number of aromatic nitrogens is 2. The van der Waals surface area contributed by atoms with E-state index in [1.165, 1.54) is 10.4 Å². The molecule has 1 amide bonds. The minimum absolute atomic E-state index is 0.00969. The van der Waals surface area contributed by atoms with Gasteiger partial charge >= 0.3 is 0 Å². The molecule has 3 aromatic heterocycles. The van der Waals surface area contributed by atoms with Gasteiger partial charge in [0, 0.05) is 47.6 Å². The summed E-state index contributed by atoms with van der Waals surface area (Å²) in [7, 11) is 0. The molecule has 3 rings (SSSR count). The Morgan fingerprint density at radius 2 is 1.81 bits per heavy atom. The number of aryl methyl sites for hydroxylation is 1. The maximum Gasteiger partial charge on any atom is 0.242 e. The predicted octanol–water partition coefficient (Wildman–Crippen LogP) is 3.08. The molecule has 140 valence electrons. The van der Waals surface area contributed by atoms with Gasteiger partial charge in [-0.05, 0) is 61.2 Å². The molecule has 0 spiro atoms. The van der Waals surface area contributed by atoms with Crippen molar-refractivity contribution in [3.8, 4) is 0 Å². The number of pyridine rings is 2. The molecule has 3 heterocycles. The molecule has 0 fully saturated rings. The molecule has 1 unspecified atom stereocenters. The third-order valence-corrected chi connectivity index (χ3v) is 5.32. The number of rotatable bonds is 9. The van der Waals surface area contributed by atoms with Crippen molar-refractivity contribution in [1.29, 1.82) is 0 Å². The first kappa shape index (κ1) is 19.2. The fourth-order valence-corrected chi connectivity index (χ4v) is 3.77. The summed E-state index contributed by atoms with van der Waals surface area (Å²) >= 11 is 1.66. The zero-order valence-electron chi connectivity index (χ0n) is 15.4. The highest BCUT2D eigenvalue weighted by Gasteiger charge is 2.21. The molecule has 5 nitrogen and oxygen atoms in total. The Morgan fingerprint density at radius 1 is 1.00 bits per heavy atom. The number of amides is 1. The van der Waals surface area contributed by atoms with E-state index >= 15 is 0 Å². The van der Waals surface area contributed by atoms with Crippen molar-refractivity contribution in [1.82, 2.24) is 20.6 Å². The van der Waals surface area contributed by atoms with Crippen molar-refractivity contribution in [2.24, 2.45) is 0 Å². The summed E-state index contributed by atoms with van der Waals surface area (Å²) < 4.78 is 0. The lowest BCUT2D eigenvalue weighted by Gasteiger charge is -2.17. The first-order chi connectivity index (χ1) is 13.2. The Labute approximate surface area is 163 Å². The Hall–Kier alpha value is -2.57. The molecule has 0 bridgehead atoms. The second kappa shape index (κ2) is 9.94. The van der Waals surface area contributed by atoms with E-state index in [1.54, 1.807) is 29.9 Å². The van der Waals surface area contributed by atoms with Crippen LogP contribution in [0.3, 0.4) is 0 Å². The molecule has 0 radical (unpaired) electrons. The quantitative estimate of drug-likeness (QED) is 0.599. The fraction of sp³-hybridized carbons (Fsp3) is 0.286. The maximum absolute atomic E-state index is 12.8. The average molecular weight is 381 g/mol. The van der Waals surface area contributed by atoms with E-state index in [1.807, 2.05) is 36.5 Å². The molecular weight excluding hydrogens is 356 g/mol. The van der Waals surface area contributed by atoms with Crippen LogP contribution in [0.15, 0.2) is 61.2 Å². The van der Waals surface area contributed by atoms with Crippen LogP contribution in [0, 0.1) is 6.92 Å². The summed E-state index contributed by atoms with van der Waals surface area (Å²) in [6, 6.07) is 11.7. The molecule has 6 heteroatoms. The van der Waals surface area contributed by atoms with Crippen LogP contribution in [-0.2, 0) is 17.6 Å². The monoisotopic (exact) mass is 380 g/mol. The van der Waals surface area contributed by atoms with Gasteiger partial charge in [-0.3, -0.25) is 14.8 Å². The number of carbonyl (C=O) groups is 1. The molecule has 2 N–H and O–H groups in total. The number of carbonyl (C=O) groups excluding carboxylic acids is 1. The molecule has 0 saturated carbocycles. The Kier molecular flexibility index (Phi) is 7.07. The SMILES string of the molecule is Cc1ccc(C(NCCc2ccncc2)C(=O)NCCc2cccnc2)s1. The Bertz CT molecular complexity index is 836. The largest absolute Gasteiger partial charge is 0.354 e. The number of nitrogens with zero attached hydrogens (tertiary/aromatic N) is 2. The highest BCUT2D eigenvalue weighted by atomic mass is 32.1. The lowest BCUT2D eigenvalue weighted by atomic mass is 10.1. The number of nitrogens with one attached hydrogen (secondary N) is 2. The first-order valence-electron chi connectivity index (χ1n) is 9.07. The topological polar surface area (TPSA) is 66.9 Å². The van der Waals surface area contributed by atoms with Crippen molar-refractivity contribution in [3.05, 3.63) is 82.1 Å². The van der Waals surface area contributed by atoms with Gasteiger partial charge < -0.3 is 10.6 Å². The van der Waals surface area contributed by atoms with Crippen molar-refractivity contribution < 1.29 is 4.79 Å². The normalized spacial score (nSPS) is 11.9. The van der Waals surface area contributed by atoms with Gasteiger partial charge in [-0.25, -0.2) is 0 Å². The van der Waals surface area contributed by atoms with Crippen molar-refractivity contribution >= 4 is 17.2 Å². The Balaban J connectivity index is 1.56. The van der Waals surface area contributed by atoms with Gasteiger partial charge in [-0.15, -0.1) is 11.3 Å². The van der Waals surface area contributed by atoms with Gasteiger partial charge in [-0.1, -0.05) is 6.07 Å². The van der Waals surface area contributed by atoms with E-state index in [2.05, 4.69) is 33.6 Å². The number of thiophene rings is 1. The summed E-state index contributed by atoms with van der Waals surface area (Å²) in [5, 5.41) is 6.47. The Morgan fingerprint density at radius 3 is 2.52 bits per heavy atom. The van der Waals surface area contributed by atoms with E-state index < -0.39 is 0 Å². The van der Waals surface area contributed by atoms with Crippen molar-refractivity contribution in [2.75, 3.05) is 13.1 Å². The third-order valence-electron chi connectivity index (χ3n) is 4.26. The molecule has 0 aromatic carbocycles. The van der Waals surface area contributed by atoms with Gasteiger partial charge in [0.15, 0.2) is 0 Å². The third kappa shape index (κ3) is 5.98. The smallest absolute Gasteiger partial charge is 0.242 e. The van der Waals surface area contributed by atoms with Gasteiger partial charge in [0.05, 0.1) is 0 Å². The van der Waals surface area contributed by atoms with Gasteiger partial charge in [-0.2, -0.15) is 0 Å². The van der Waals surface area contributed by atoms with Gasteiger partial charge in [0.2, 0.25) is 5.91 Å². The van der Waals surface area contributed by atoms with Crippen LogP contribution in [0.2, 0.25) is 0 Å². The van der Waals surface area contributed by atoms with Crippen LogP contribution in [0.25, 0.3) is 0 Å². The van der Waals surface area contributed by atoms with Crippen LogP contribution in [0.4, 0.5) is 0 Å². The first-order valence-corrected chi connectivity index (χ1v) is 9.89. The lowest BCUT2D eigenvalue weighted by Crippen LogP contribution is -2.38. The van der Waals surface area contributed by atoms with Gasteiger partial charge in [0.25, 0.3) is 0 Å². The number of hydrogen-bond acceptors (Lipinski definition) is 5. The minimum atomic E-state index is -0.334. The average Bonchev–Trinajstić information content (AvgIpc) is 3.12. The number of hydrogen-bond donors (Lipinski definition) is 2. The summed E-state index contributed by atoms with van der Waals surface area (Å²) in [4.78, 5) is 23.2. The van der Waals surface area contributed by atoms with Crippen LogP contribution < -0.4 is 10.6 Å². The highest BCUT2D eigenvalue weighted by molar-refractivity contribution is 7.12. The standard InChI is InChI=1S/C21H24N4OS/c1-16-4-5-19(27-16)20(24-13-8-17-6-11-22-12-7-17)21(26)25-14-9-18-3-2-10-23-15-18/h2-7,10-12,15,20,24H,8-9,13-14H2,1H3,(H,25,26). The van der Waals surface area contributed by atoms with Gasteiger partial charge in [0.1, 0.15) is 6.04 Å². The summed E-state index contributed by atoms with van der Waals surface area (Å²) in [6.45, 7) is 3.38. The molecule has 0 saturated heterocycles.